The number of amides is 1. The molecule has 3 rings (SSSR count). The van der Waals surface area contributed by atoms with Crippen LogP contribution in [0.4, 0.5) is 5.69 Å². The minimum atomic E-state index is -1.20. The zero-order valence-corrected chi connectivity index (χ0v) is 12.2. The molecule has 3 nitrogen and oxygen atoms in total. The Morgan fingerprint density at radius 2 is 1.70 bits per heavy atom. The van der Waals surface area contributed by atoms with Crippen molar-refractivity contribution in [2.45, 2.75) is 10.7 Å². The molecule has 0 radical (unpaired) electrons. The molecule has 1 aliphatic carbocycles. The number of hydrogen-bond donors (Lipinski definition) is 1. The summed E-state index contributed by atoms with van der Waals surface area (Å²) in [7, 11) is 0. The third-order valence-corrected chi connectivity index (χ3v) is 4.45. The van der Waals surface area contributed by atoms with Crippen molar-refractivity contribution in [2.24, 2.45) is 0 Å². The monoisotopic (exact) mass is 329 g/mol. The fraction of sp³-hybridized carbons (Fsp3) is 0.125. The lowest BCUT2D eigenvalue weighted by molar-refractivity contribution is -0.117. The van der Waals surface area contributed by atoms with Gasteiger partial charge >= 0.3 is 0 Å². The van der Waals surface area contributed by atoms with Gasteiger partial charge in [0.1, 0.15) is 0 Å². The van der Waals surface area contributed by atoms with Crippen molar-refractivity contribution in [3.05, 3.63) is 65.7 Å². The number of hydrogen-bond acceptors (Lipinski definition) is 2. The summed E-state index contributed by atoms with van der Waals surface area (Å²) in [4.78, 5) is 24.9. The van der Waals surface area contributed by atoms with Crippen molar-refractivity contribution in [1.82, 2.24) is 0 Å². The molecule has 2 aromatic rings. The third-order valence-electron chi connectivity index (χ3n) is 3.45. The van der Waals surface area contributed by atoms with E-state index < -0.39 is 4.32 Å². The van der Waals surface area contributed by atoms with E-state index in [0.717, 1.165) is 5.56 Å². The second-order valence-corrected chi connectivity index (χ2v) is 6.14. The first kappa shape index (κ1) is 13.1. The lowest BCUT2D eigenvalue weighted by Crippen LogP contribution is -2.42. The van der Waals surface area contributed by atoms with Gasteiger partial charge in [-0.2, -0.15) is 0 Å². The largest absolute Gasteiger partial charge is 0.324 e. The summed E-state index contributed by atoms with van der Waals surface area (Å²) in [5, 5.41) is 2.78. The van der Waals surface area contributed by atoms with Gasteiger partial charge in [0, 0.05) is 17.7 Å². The van der Waals surface area contributed by atoms with E-state index in [-0.39, 0.29) is 11.7 Å². The van der Waals surface area contributed by atoms with Gasteiger partial charge in [0.05, 0.1) is 0 Å². The number of alkyl halides is 1. The van der Waals surface area contributed by atoms with Gasteiger partial charge < -0.3 is 5.32 Å². The Hall–Kier alpha value is -1.94. The number of anilines is 1. The molecule has 1 amide bonds. The minimum Gasteiger partial charge on any atom is -0.324 e. The number of benzene rings is 2. The van der Waals surface area contributed by atoms with E-state index in [9.17, 15) is 9.59 Å². The van der Waals surface area contributed by atoms with Crippen molar-refractivity contribution in [3.63, 3.8) is 0 Å². The van der Waals surface area contributed by atoms with Crippen LogP contribution in [0.15, 0.2) is 54.6 Å². The molecule has 0 saturated carbocycles. The van der Waals surface area contributed by atoms with E-state index in [0.29, 0.717) is 17.7 Å². The van der Waals surface area contributed by atoms with Gasteiger partial charge in [-0.3, -0.25) is 9.59 Å². The first-order valence-corrected chi connectivity index (χ1v) is 7.09. The maximum atomic E-state index is 12.4. The van der Waals surface area contributed by atoms with Crippen molar-refractivity contribution in [2.75, 3.05) is 5.32 Å². The molecule has 100 valence electrons. The summed E-state index contributed by atoms with van der Waals surface area (Å²) in [6.45, 7) is 0. The standard InChI is InChI=1S/C16H12BrNO2/c17-16(15(20)18-12-7-2-1-3-8-12)10-11-6-4-5-9-13(11)14(16)19/h1-9H,10H2,(H,18,20). The van der Waals surface area contributed by atoms with Crippen LogP contribution in [0.5, 0.6) is 0 Å². The summed E-state index contributed by atoms with van der Waals surface area (Å²) >= 11 is 3.35. The summed E-state index contributed by atoms with van der Waals surface area (Å²) in [5.41, 5.74) is 2.20. The molecule has 1 unspecified atom stereocenters. The summed E-state index contributed by atoms with van der Waals surface area (Å²) in [5.74, 6) is -0.508. The summed E-state index contributed by atoms with van der Waals surface area (Å²) < 4.78 is -1.20. The number of halogens is 1. The van der Waals surface area contributed by atoms with Crippen LogP contribution in [0, 0.1) is 0 Å². The maximum absolute atomic E-state index is 12.4. The molecular formula is C16H12BrNO2. The van der Waals surface area contributed by atoms with E-state index in [1.807, 2.05) is 36.4 Å². The van der Waals surface area contributed by atoms with E-state index in [2.05, 4.69) is 21.2 Å². The van der Waals surface area contributed by atoms with Crippen LogP contribution in [0.2, 0.25) is 0 Å². The smallest absolute Gasteiger partial charge is 0.249 e. The molecule has 1 atom stereocenters. The Balaban J connectivity index is 1.88. The molecule has 0 bridgehead atoms. The van der Waals surface area contributed by atoms with Gasteiger partial charge in [0.2, 0.25) is 5.91 Å². The highest BCUT2D eigenvalue weighted by Gasteiger charge is 2.49. The second-order valence-electron chi connectivity index (χ2n) is 4.78. The van der Waals surface area contributed by atoms with Crippen LogP contribution in [0.1, 0.15) is 15.9 Å². The highest BCUT2D eigenvalue weighted by Crippen LogP contribution is 2.37. The Morgan fingerprint density at radius 3 is 2.40 bits per heavy atom. The van der Waals surface area contributed by atoms with Gasteiger partial charge in [-0.25, -0.2) is 0 Å². The number of Topliss-reactive ketones (excluding diaryl/α,β-unsaturated/α-hetero) is 1. The van der Waals surface area contributed by atoms with Crippen LogP contribution in [-0.4, -0.2) is 16.0 Å². The lowest BCUT2D eigenvalue weighted by atomic mass is 10.0. The number of rotatable bonds is 2. The van der Waals surface area contributed by atoms with E-state index in [1.54, 1.807) is 18.2 Å². The highest BCUT2D eigenvalue weighted by atomic mass is 79.9. The predicted octanol–water partition coefficient (Wildman–Crippen LogP) is 3.20. The molecule has 0 saturated heterocycles. The van der Waals surface area contributed by atoms with Gasteiger partial charge in [-0.15, -0.1) is 0 Å². The second kappa shape index (κ2) is 4.87. The summed E-state index contributed by atoms with van der Waals surface area (Å²) in [6.07, 6.45) is 0.376. The normalized spacial score (nSPS) is 20.6. The number of fused-ring (bicyclic) bond motifs is 1. The van der Waals surface area contributed by atoms with E-state index >= 15 is 0 Å². The predicted molar refractivity (Wildman–Crippen MR) is 81.2 cm³/mol. The quantitative estimate of drug-likeness (QED) is 0.679. The Bertz CT molecular complexity index is 684. The lowest BCUT2D eigenvalue weighted by Gasteiger charge is -2.19. The number of carbonyl (C=O) groups excluding carboxylic acids is 2. The first-order valence-electron chi connectivity index (χ1n) is 6.29. The van der Waals surface area contributed by atoms with Gasteiger partial charge in [0.15, 0.2) is 10.1 Å². The molecule has 0 spiro atoms. The molecule has 1 aliphatic rings. The molecule has 0 aliphatic heterocycles. The van der Waals surface area contributed by atoms with Crippen LogP contribution in [-0.2, 0) is 11.2 Å². The van der Waals surface area contributed by atoms with Gasteiger partial charge in [0.25, 0.3) is 0 Å². The Labute approximate surface area is 125 Å². The van der Waals surface area contributed by atoms with Gasteiger partial charge in [-0.05, 0) is 17.7 Å². The molecule has 0 heterocycles. The molecular weight excluding hydrogens is 318 g/mol. The number of para-hydroxylation sites is 1. The van der Waals surface area contributed by atoms with Gasteiger partial charge in [-0.1, -0.05) is 58.4 Å². The molecule has 4 heteroatoms. The highest BCUT2D eigenvalue weighted by molar-refractivity contribution is 9.10. The number of carbonyl (C=O) groups is 2. The average molecular weight is 330 g/mol. The third kappa shape index (κ3) is 2.06. The van der Waals surface area contributed by atoms with Crippen molar-refractivity contribution in [3.8, 4) is 0 Å². The average Bonchev–Trinajstić information content (AvgIpc) is 2.73. The minimum absolute atomic E-state index is 0.179. The molecule has 2 aromatic carbocycles. The van der Waals surface area contributed by atoms with Crippen LogP contribution in [0.3, 0.4) is 0 Å². The fourth-order valence-electron chi connectivity index (χ4n) is 2.39. The number of ketones is 1. The molecule has 0 fully saturated rings. The first-order chi connectivity index (χ1) is 9.61. The van der Waals surface area contributed by atoms with Crippen LogP contribution in [0.25, 0.3) is 0 Å². The Morgan fingerprint density at radius 1 is 1.05 bits per heavy atom. The zero-order valence-electron chi connectivity index (χ0n) is 10.6. The van der Waals surface area contributed by atoms with E-state index in [4.69, 9.17) is 0 Å². The van der Waals surface area contributed by atoms with Crippen molar-refractivity contribution in [1.29, 1.82) is 0 Å². The summed E-state index contributed by atoms with van der Waals surface area (Å²) in [6, 6.07) is 16.5. The SMILES string of the molecule is O=C(Nc1ccccc1)C1(Br)Cc2ccccc2C1=O. The topological polar surface area (TPSA) is 46.2 Å². The van der Waals surface area contributed by atoms with Crippen LogP contribution < -0.4 is 5.32 Å². The Kier molecular flexibility index (Phi) is 3.18. The zero-order chi connectivity index (χ0) is 14.2. The molecule has 20 heavy (non-hydrogen) atoms. The van der Waals surface area contributed by atoms with Crippen molar-refractivity contribution < 1.29 is 9.59 Å². The molecule has 0 aromatic heterocycles. The maximum Gasteiger partial charge on any atom is 0.249 e. The number of nitrogens with one attached hydrogen (secondary N) is 1. The van der Waals surface area contributed by atoms with Crippen LogP contribution >= 0.6 is 15.9 Å². The fourth-order valence-corrected chi connectivity index (χ4v) is 3.00. The molecule has 1 N–H and O–H groups in total. The van der Waals surface area contributed by atoms with Crippen molar-refractivity contribution >= 4 is 33.3 Å². The van der Waals surface area contributed by atoms with E-state index in [1.165, 1.54) is 0 Å².